The summed E-state index contributed by atoms with van der Waals surface area (Å²) >= 11 is 3.27. The lowest BCUT2D eigenvalue weighted by Gasteiger charge is -2.17. The third-order valence-electron chi connectivity index (χ3n) is 3.76. The van der Waals surface area contributed by atoms with Crippen LogP contribution in [0.4, 0.5) is 0 Å². The maximum atomic E-state index is 12.6. The zero-order valence-corrected chi connectivity index (χ0v) is 14.0. The highest BCUT2D eigenvalue weighted by molar-refractivity contribution is 9.10. The van der Waals surface area contributed by atoms with Crippen LogP contribution in [0.2, 0.25) is 0 Å². The maximum Gasteiger partial charge on any atom is 0.266 e. The molecule has 0 spiro atoms. The Morgan fingerprint density at radius 1 is 1.00 bits per heavy atom. The number of sulfonamides is 1. The summed E-state index contributed by atoms with van der Waals surface area (Å²) in [5, 5.41) is 0. The lowest BCUT2D eigenvalue weighted by molar-refractivity contribution is -0.123. The molecule has 1 saturated heterocycles. The molecule has 22 heavy (non-hydrogen) atoms. The van der Waals surface area contributed by atoms with Gasteiger partial charge in [0.1, 0.15) is 0 Å². The molecule has 0 aromatic heterocycles. The van der Waals surface area contributed by atoms with Crippen LogP contribution < -0.4 is 0 Å². The van der Waals surface area contributed by atoms with Crippen molar-refractivity contribution in [2.24, 2.45) is 0 Å². The van der Waals surface area contributed by atoms with Crippen LogP contribution in [0, 0.1) is 0 Å². The number of halogens is 1. The zero-order chi connectivity index (χ0) is 15.7. The predicted molar refractivity (Wildman–Crippen MR) is 86.8 cm³/mol. The van der Waals surface area contributed by atoms with E-state index in [0.29, 0.717) is 0 Å². The number of benzene rings is 2. The van der Waals surface area contributed by atoms with Crippen molar-refractivity contribution in [1.29, 1.82) is 0 Å². The van der Waals surface area contributed by atoms with Crippen LogP contribution in [0.3, 0.4) is 0 Å². The minimum absolute atomic E-state index is 0.0843. The Bertz CT molecular complexity index is 788. The normalized spacial score (nSPS) is 18.7. The second-order valence-corrected chi connectivity index (χ2v) is 7.97. The average Bonchev–Trinajstić information content (AvgIpc) is 2.91. The van der Waals surface area contributed by atoms with Gasteiger partial charge in [0.2, 0.25) is 5.91 Å². The topological polar surface area (TPSA) is 54.5 Å². The number of carbonyl (C=O) groups is 1. The Morgan fingerprint density at radius 3 is 2.27 bits per heavy atom. The van der Waals surface area contributed by atoms with Crippen LogP contribution in [-0.2, 0) is 14.8 Å². The molecule has 2 aromatic carbocycles. The number of rotatable bonds is 3. The summed E-state index contributed by atoms with van der Waals surface area (Å²) in [7, 11) is -3.78. The summed E-state index contributed by atoms with van der Waals surface area (Å²) in [4.78, 5) is 12.3. The van der Waals surface area contributed by atoms with E-state index in [1.165, 1.54) is 12.1 Å². The Hall–Kier alpha value is -1.66. The molecule has 0 N–H and O–H groups in total. The van der Waals surface area contributed by atoms with Gasteiger partial charge in [0.15, 0.2) is 0 Å². The van der Waals surface area contributed by atoms with Gasteiger partial charge in [-0.25, -0.2) is 12.7 Å². The Kier molecular flexibility index (Phi) is 4.06. The fourth-order valence-corrected chi connectivity index (χ4v) is 4.31. The van der Waals surface area contributed by atoms with E-state index >= 15 is 0 Å². The van der Waals surface area contributed by atoms with E-state index in [1.807, 2.05) is 30.3 Å². The Labute approximate surface area is 137 Å². The third-order valence-corrected chi connectivity index (χ3v) is 6.09. The molecule has 0 radical (unpaired) electrons. The molecule has 114 valence electrons. The van der Waals surface area contributed by atoms with Crippen molar-refractivity contribution in [2.75, 3.05) is 6.54 Å². The largest absolute Gasteiger partial charge is 0.274 e. The summed E-state index contributed by atoms with van der Waals surface area (Å²) in [6, 6.07) is 15.9. The zero-order valence-electron chi connectivity index (χ0n) is 11.6. The molecule has 1 fully saturated rings. The van der Waals surface area contributed by atoms with Gasteiger partial charge < -0.3 is 0 Å². The molecular formula is C16H14BrNO3S. The summed E-state index contributed by atoms with van der Waals surface area (Å²) in [5.74, 6) is -0.435. The smallest absolute Gasteiger partial charge is 0.266 e. The predicted octanol–water partition coefficient (Wildman–Crippen LogP) is 3.15. The van der Waals surface area contributed by atoms with E-state index in [1.54, 1.807) is 12.1 Å². The molecule has 3 rings (SSSR count). The monoisotopic (exact) mass is 379 g/mol. The van der Waals surface area contributed by atoms with Gasteiger partial charge in [-0.15, -0.1) is 0 Å². The number of carbonyl (C=O) groups excluding carboxylic acids is 1. The van der Waals surface area contributed by atoms with Gasteiger partial charge in [-0.2, -0.15) is 0 Å². The highest BCUT2D eigenvalue weighted by Gasteiger charge is 2.38. The molecule has 1 amide bonds. The molecular weight excluding hydrogens is 366 g/mol. The lowest BCUT2D eigenvalue weighted by atomic mass is 9.99. The van der Waals surface area contributed by atoms with Gasteiger partial charge in [-0.3, -0.25) is 4.79 Å². The van der Waals surface area contributed by atoms with Crippen molar-refractivity contribution in [3.63, 3.8) is 0 Å². The molecule has 1 heterocycles. The Balaban J connectivity index is 1.89. The first kappa shape index (κ1) is 15.2. The Morgan fingerprint density at radius 2 is 1.64 bits per heavy atom. The van der Waals surface area contributed by atoms with E-state index in [9.17, 15) is 13.2 Å². The minimum atomic E-state index is -3.78. The summed E-state index contributed by atoms with van der Waals surface area (Å²) in [6.07, 6.45) is 0.222. The van der Waals surface area contributed by atoms with Gasteiger partial charge in [0.05, 0.1) is 4.90 Å². The van der Waals surface area contributed by atoms with Crippen molar-refractivity contribution in [3.8, 4) is 0 Å². The SMILES string of the molecule is O=C1CC(c2ccccc2)CN1S(=O)(=O)c1ccc(Br)cc1. The van der Waals surface area contributed by atoms with Crippen LogP contribution in [0.1, 0.15) is 17.9 Å². The molecule has 0 saturated carbocycles. The standard InChI is InChI=1S/C16H14BrNO3S/c17-14-6-8-15(9-7-14)22(20,21)18-11-13(10-16(18)19)12-4-2-1-3-5-12/h1-9,13H,10-11H2. The summed E-state index contributed by atoms with van der Waals surface area (Å²) in [5.41, 5.74) is 0.990. The molecule has 1 unspecified atom stereocenters. The quantitative estimate of drug-likeness (QED) is 0.822. The van der Waals surface area contributed by atoms with Crippen molar-refractivity contribution < 1.29 is 13.2 Å². The second kappa shape index (κ2) is 5.85. The fourth-order valence-electron chi connectivity index (χ4n) is 2.59. The van der Waals surface area contributed by atoms with E-state index < -0.39 is 10.0 Å². The van der Waals surface area contributed by atoms with Crippen LogP contribution in [0.25, 0.3) is 0 Å². The van der Waals surface area contributed by atoms with Crippen molar-refractivity contribution >= 4 is 31.9 Å². The van der Waals surface area contributed by atoms with Gasteiger partial charge in [0.25, 0.3) is 10.0 Å². The molecule has 1 atom stereocenters. The highest BCUT2D eigenvalue weighted by atomic mass is 79.9. The minimum Gasteiger partial charge on any atom is -0.274 e. The molecule has 2 aromatic rings. The van der Waals surface area contributed by atoms with Crippen molar-refractivity contribution in [3.05, 3.63) is 64.6 Å². The van der Waals surface area contributed by atoms with Crippen LogP contribution in [0.15, 0.2) is 64.0 Å². The van der Waals surface area contributed by atoms with Crippen molar-refractivity contribution in [2.45, 2.75) is 17.2 Å². The first-order valence-electron chi connectivity index (χ1n) is 6.84. The highest BCUT2D eigenvalue weighted by Crippen LogP contribution is 2.32. The van der Waals surface area contributed by atoms with E-state index in [0.717, 1.165) is 14.3 Å². The fraction of sp³-hybridized carbons (Fsp3) is 0.188. The molecule has 1 aliphatic rings. The first-order valence-corrected chi connectivity index (χ1v) is 9.08. The van der Waals surface area contributed by atoms with E-state index in [4.69, 9.17) is 0 Å². The molecule has 0 aliphatic carbocycles. The first-order chi connectivity index (χ1) is 10.5. The summed E-state index contributed by atoms with van der Waals surface area (Å²) in [6.45, 7) is 0.196. The maximum absolute atomic E-state index is 12.6. The lowest BCUT2D eigenvalue weighted by Crippen LogP contribution is -2.32. The third kappa shape index (κ3) is 2.80. The molecule has 1 aliphatic heterocycles. The second-order valence-electron chi connectivity index (χ2n) is 5.20. The number of hydrogen-bond donors (Lipinski definition) is 0. The number of nitrogens with zero attached hydrogens (tertiary/aromatic N) is 1. The molecule has 4 nitrogen and oxygen atoms in total. The van der Waals surface area contributed by atoms with Gasteiger partial charge in [-0.05, 0) is 29.8 Å². The van der Waals surface area contributed by atoms with Gasteiger partial charge in [-0.1, -0.05) is 46.3 Å². The number of amides is 1. The summed E-state index contributed by atoms with van der Waals surface area (Å²) < 4.78 is 27.0. The van der Waals surface area contributed by atoms with Gasteiger partial charge in [0, 0.05) is 23.4 Å². The van der Waals surface area contributed by atoms with Crippen LogP contribution in [-0.4, -0.2) is 25.2 Å². The molecule has 0 bridgehead atoms. The average molecular weight is 380 g/mol. The number of hydrogen-bond acceptors (Lipinski definition) is 3. The van der Waals surface area contributed by atoms with Gasteiger partial charge >= 0.3 is 0 Å². The van der Waals surface area contributed by atoms with Crippen LogP contribution >= 0.6 is 15.9 Å². The van der Waals surface area contributed by atoms with Crippen molar-refractivity contribution in [1.82, 2.24) is 4.31 Å². The van der Waals surface area contributed by atoms with Crippen LogP contribution in [0.5, 0.6) is 0 Å². The van der Waals surface area contributed by atoms with E-state index in [-0.39, 0.29) is 29.7 Å². The molecule has 6 heteroatoms. The van der Waals surface area contributed by atoms with E-state index in [2.05, 4.69) is 15.9 Å².